The van der Waals surface area contributed by atoms with Crippen molar-refractivity contribution in [3.8, 4) is 0 Å². The van der Waals surface area contributed by atoms with Crippen molar-refractivity contribution in [2.24, 2.45) is 5.92 Å². The van der Waals surface area contributed by atoms with E-state index in [0.29, 0.717) is 31.2 Å². The normalized spacial score (nSPS) is 18.7. The molecule has 6 heteroatoms. The molecular weight excluding hydrogens is 319 g/mol. The quantitative estimate of drug-likeness (QED) is 0.746. The first kappa shape index (κ1) is 18.8. The van der Waals surface area contributed by atoms with Gasteiger partial charge in [0.05, 0.1) is 5.56 Å². The second-order valence-electron chi connectivity index (χ2n) is 6.42. The summed E-state index contributed by atoms with van der Waals surface area (Å²) >= 11 is 0. The van der Waals surface area contributed by atoms with Crippen molar-refractivity contribution in [1.29, 1.82) is 0 Å². The Balaban J connectivity index is 2.10. The minimum Gasteiger partial charge on any atom is -0.385 e. The topological polar surface area (TPSA) is 29.5 Å². The van der Waals surface area contributed by atoms with Crippen molar-refractivity contribution in [2.45, 2.75) is 38.8 Å². The minimum absolute atomic E-state index is 0.155. The molecule has 1 fully saturated rings. The minimum atomic E-state index is -4.44. The largest absolute Gasteiger partial charge is 0.416 e. The van der Waals surface area contributed by atoms with Gasteiger partial charge in [-0.2, -0.15) is 13.2 Å². The van der Waals surface area contributed by atoms with Crippen molar-refractivity contribution < 1.29 is 22.7 Å². The number of methoxy groups -OCH3 is 1. The zero-order valence-corrected chi connectivity index (χ0v) is 14.2. The van der Waals surface area contributed by atoms with Crippen LogP contribution in [0.2, 0.25) is 0 Å². The molecule has 1 atom stereocenters. The lowest BCUT2D eigenvalue weighted by molar-refractivity contribution is -0.137. The van der Waals surface area contributed by atoms with Crippen LogP contribution in [0.15, 0.2) is 18.2 Å². The van der Waals surface area contributed by atoms with E-state index >= 15 is 0 Å². The van der Waals surface area contributed by atoms with Crippen molar-refractivity contribution in [1.82, 2.24) is 4.90 Å². The molecule has 1 amide bonds. The molecule has 0 N–H and O–H groups in total. The Bertz CT molecular complexity index is 572. The molecular formula is C18H24F3NO2. The number of carbonyl (C=O) groups is 1. The number of halogens is 3. The number of hydrogen-bond acceptors (Lipinski definition) is 2. The van der Waals surface area contributed by atoms with Crippen LogP contribution in [0.3, 0.4) is 0 Å². The summed E-state index contributed by atoms with van der Waals surface area (Å²) in [7, 11) is 1.66. The second-order valence-corrected chi connectivity index (χ2v) is 6.42. The molecule has 24 heavy (non-hydrogen) atoms. The van der Waals surface area contributed by atoms with Crippen molar-refractivity contribution >= 4 is 5.91 Å². The summed E-state index contributed by atoms with van der Waals surface area (Å²) in [5, 5.41) is 0. The highest BCUT2D eigenvalue weighted by molar-refractivity contribution is 5.96. The molecule has 0 bridgehead atoms. The van der Waals surface area contributed by atoms with E-state index in [2.05, 4.69) is 0 Å². The van der Waals surface area contributed by atoms with E-state index in [-0.39, 0.29) is 11.5 Å². The fourth-order valence-corrected chi connectivity index (χ4v) is 3.20. The van der Waals surface area contributed by atoms with Crippen molar-refractivity contribution in [3.05, 3.63) is 34.9 Å². The molecule has 2 rings (SSSR count). The Morgan fingerprint density at radius 1 is 1.38 bits per heavy atom. The lowest BCUT2D eigenvalue weighted by Crippen LogP contribution is -2.40. The molecule has 134 valence electrons. The van der Waals surface area contributed by atoms with Gasteiger partial charge in [-0.1, -0.05) is 6.07 Å². The number of hydrogen-bond donors (Lipinski definition) is 0. The maximum atomic E-state index is 12.9. The number of carbonyl (C=O) groups excluding carboxylic acids is 1. The maximum Gasteiger partial charge on any atom is 0.416 e. The predicted molar refractivity (Wildman–Crippen MR) is 85.9 cm³/mol. The van der Waals surface area contributed by atoms with Crippen LogP contribution in [0, 0.1) is 12.8 Å². The molecule has 1 aliphatic heterocycles. The van der Waals surface area contributed by atoms with Gasteiger partial charge >= 0.3 is 6.18 Å². The molecule has 0 aliphatic carbocycles. The Morgan fingerprint density at radius 3 is 2.79 bits per heavy atom. The number of aryl methyl sites for hydroxylation is 1. The average molecular weight is 343 g/mol. The van der Waals surface area contributed by atoms with Gasteiger partial charge in [0.2, 0.25) is 0 Å². The highest BCUT2D eigenvalue weighted by atomic mass is 19.4. The second kappa shape index (κ2) is 8.01. The van der Waals surface area contributed by atoms with Gasteiger partial charge in [0.15, 0.2) is 0 Å². The molecule has 1 heterocycles. The number of alkyl halides is 3. The number of ether oxygens (including phenoxy) is 1. The van der Waals surface area contributed by atoms with Gasteiger partial charge < -0.3 is 9.64 Å². The number of rotatable bonds is 5. The van der Waals surface area contributed by atoms with Gasteiger partial charge in [-0.25, -0.2) is 0 Å². The fraction of sp³-hybridized carbons (Fsp3) is 0.611. The van der Waals surface area contributed by atoms with Gasteiger partial charge in [0.25, 0.3) is 5.91 Å². The predicted octanol–water partition coefficient (Wildman–Crippen LogP) is 4.29. The van der Waals surface area contributed by atoms with Crippen LogP contribution in [0.5, 0.6) is 0 Å². The van der Waals surface area contributed by atoms with E-state index in [1.165, 1.54) is 6.07 Å². The Morgan fingerprint density at radius 2 is 2.12 bits per heavy atom. The van der Waals surface area contributed by atoms with Crippen molar-refractivity contribution in [3.63, 3.8) is 0 Å². The summed E-state index contributed by atoms with van der Waals surface area (Å²) < 4.78 is 43.8. The lowest BCUT2D eigenvalue weighted by Gasteiger charge is -2.33. The third kappa shape index (κ3) is 4.72. The van der Waals surface area contributed by atoms with E-state index in [9.17, 15) is 18.0 Å². The number of benzene rings is 1. The molecule has 1 aliphatic rings. The van der Waals surface area contributed by atoms with Gasteiger partial charge in [-0.3, -0.25) is 4.79 Å². The smallest absolute Gasteiger partial charge is 0.385 e. The molecule has 0 unspecified atom stereocenters. The van der Waals surface area contributed by atoms with E-state index < -0.39 is 11.7 Å². The van der Waals surface area contributed by atoms with Gasteiger partial charge in [-0.05, 0) is 56.2 Å². The van der Waals surface area contributed by atoms with Gasteiger partial charge in [0, 0.05) is 32.4 Å². The van der Waals surface area contributed by atoms with E-state index in [4.69, 9.17) is 4.74 Å². The zero-order valence-electron chi connectivity index (χ0n) is 14.2. The molecule has 0 aromatic heterocycles. The molecule has 1 aromatic carbocycles. The average Bonchev–Trinajstić information content (AvgIpc) is 2.54. The maximum absolute atomic E-state index is 12.9. The number of likely N-dealkylation sites (tertiary alicyclic amines) is 1. The first-order valence-corrected chi connectivity index (χ1v) is 8.29. The number of amides is 1. The number of piperidine rings is 1. The van der Waals surface area contributed by atoms with E-state index in [1.807, 2.05) is 0 Å². The van der Waals surface area contributed by atoms with Crippen LogP contribution >= 0.6 is 0 Å². The molecule has 1 aromatic rings. The van der Waals surface area contributed by atoms with Gasteiger partial charge in [0.1, 0.15) is 0 Å². The summed E-state index contributed by atoms with van der Waals surface area (Å²) in [6.07, 6.45) is -0.589. The lowest BCUT2D eigenvalue weighted by atomic mass is 9.92. The van der Waals surface area contributed by atoms with Crippen LogP contribution in [0.4, 0.5) is 13.2 Å². The Hall–Kier alpha value is -1.56. The van der Waals surface area contributed by atoms with Crippen LogP contribution in [0.1, 0.15) is 47.2 Å². The standard InChI is InChI=1S/C18H24F3NO2/c1-13-7-8-15(18(19,20)21)11-16(13)17(23)22-9-3-5-14(12-22)6-4-10-24-2/h7-8,11,14H,3-6,9-10,12H2,1-2H3/t14-/m0/s1. The monoisotopic (exact) mass is 343 g/mol. The Kier molecular flexibility index (Phi) is 6.27. The van der Waals surface area contributed by atoms with Crippen molar-refractivity contribution in [2.75, 3.05) is 26.8 Å². The highest BCUT2D eigenvalue weighted by Gasteiger charge is 2.32. The van der Waals surface area contributed by atoms with Crippen LogP contribution in [0.25, 0.3) is 0 Å². The van der Waals surface area contributed by atoms with Crippen LogP contribution in [-0.2, 0) is 10.9 Å². The Labute approximate surface area is 140 Å². The molecule has 0 saturated carbocycles. The molecule has 0 radical (unpaired) electrons. The molecule has 3 nitrogen and oxygen atoms in total. The SMILES string of the molecule is COCCC[C@@H]1CCCN(C(=O)c2cc(C(F)(F)F)ccc2C)C1. The van der Waals surface area contributed by atoms with Gasteiger partial charge in [-0.15, -0.1) is 0 Å². The summed E-state index contributed by atoms with van der Waals surface area (Å²) in [6, 6.07) is 3.37. The number of nitrogens with zero attached hydrogens (tertiary/aromatic N) is 1. The third-order valence-electron chi connectivity index (χ3n) is 4.56. The summed E-state index contributed by atoms with van der Waals surface area (Å²) in [4.78, 5) is 14.4. The summed E-state index contributed by atoms with van der Waals surface area (Å²) in [5.41, 5.74) is -0.0398. The van der Waals surface area contributed by atoms with Crippen LogP contribution in [-0.4, -0.2) is 37.6 Å². The van der Waals surface area contributed by atoms with E-state index in [0.717, 1.165) is 37.8 Å². The fourth-order valence-electron chi connectivity index (χ4n) is 3.20. The van der Waals surface area contributed by atoms with Crippen LogP contribution < -0.4 is 0 Å². The zero-order chi connectivity index (χ0) is 17.7. The third-order valence-corrected chi connectivity index (χ3v) is 4.56. The molecule has 1 saturated heterocycles. The summed E-state index contributed by atoms with van der Waals surface area (Å²) in [5.74, 6) is 0.0963. The first-order chi connectivity index (χ1) is 11.3. The molecule has 0 spiro atoms. The highest BCUT2D eigenvalue weighted by Crippen LogP contribution is 2.31. The first-order valence-electron chi connectivity index (χ1n) is 8.29. The van der Waals surface area contributed by atoms with E-state index in [1.54, 1.807) is 18.9 Å². The summed E-state index contributed by atoms with van der Waals surface area (Å²) in [6.45, 7) is 3.58.